The van der Waals surface area contributed by atoms with Crippen LogP contribution in [0, 0.1) is 0 Å². The molecule has 0 unspecified atom stereocenters. The van der Waals surface area contributed by atoms with Crippen molar-refractivity contribution in [3.63, 3.8) is 0 Å². The van der Waals surface area contributed by atoms with E-state index in [1.54, 1.807) is 6.20 Å². The van der Waals surface area contributed by atoms with E-state index in [4.69, 9.17) is 0 Å². The Morgan fingerprint density at radius 3 is 2.71 bits per heavy atom. The minimum atomic E-state index is 0.386. The number of anilines is 1. The van der Waals surface area contributed by atoms with Gasteiger partial charge < -0.3 is 4.90 Å². The van der Waals surface area contributed by atoms with Crippen molar-refractivity contribution < 1.29 is 4.79 Å². The molecule has 0 bridgehead atoms. The summed E-state index contributed by atoms with van der Waals surface area (Å²) in [5.41, 5.74) is 2.12. The molecule has 1 aliphatic rings. The average molecular weight is 286 g/mol. The molecule has 5 nitrogen and oxygen atoms in total. The lowest BCUT2D eigenvalue weighted by Crippen LogP contribution is -2.36. The van der Waals surface area contributed by atoms with Crippen LogP contribution in [-0.4, -0.2) is 33.5 Å². The van der Waals surface area contributed by atoms with Gasteiger partial charge in [-0.25, -0.2) is 9.50 Å². The fraction of sp³-hybridized carbons (Fsp3) is 0.562. The molecule has 0 aliphatic heterocycles. The number of aromatic nitrogens is 3. The molecule has 2 heterocycles. The van der Waals surface area contributed by atoms with Crippen LogP contribution >= 0.6 is 0 Å². The number of carbonyl (C=O) groups is 1. The maximum Gasteiger partial charge on any atom is 0.154 e. The summed E-state index contributed by atoms with van der Waals surface area (Å²) in [6.45, 7) is 4.29. The van der Waals surface area contributed by atoms with Crippen molar-refractivity contribution >= 4 is 17.1 Å². The molecule has 0 N–H and O–H groups in total. The van der Waals surface area contributed by atoms with E-state index in [1.165, 1.54) is 0 Å². The second-order valence-electron chi connectivity index (χ2n) is 6.19. The van der Waals surface area contributed by atoms with Crippen LogP contribution in [0.25, 0.3) is 5.52 Å². The summed E-state index contributed by atoms with van der Waals surface area (Å²) in [6.07, 6.45) is 6.91. The molecule has 0 aromatic carbocycles. The Kier molecular flexibility index (Phi) is 3.66. The Labute approximate surface area is 125 Å². The van der Waals surface area contributed by atoms with Gasteiger partial charge in [0.2, 0.25) is 0 Å². The molecule has 2 aromatic heterocycles. The highest BCUT2D eigenvalue weighted by molar-refractivity contribution is 5.79. The van der Waals surface area contributed by atoms with Gasteiger partial charge in [0.25, 0.3) is 0 Å². The molecule has 0 amide bonds. The van der Waals surface area contributed by atoms with Crippen molar-refractivity contribution in [2.45, 2.75) is 51.5 Å². The predicted molar refractivity (Wildman–Crippen MR) is 82.7 cm³/mol. The molecular weight excluding hydrogens is 264 g/mol. The number of rotatable bonds is 3. The fourth-order valence-corrected chi connectivity index (χ4v) is 2.97. The Bertz CT molecular complexity index is 651. The average Bonchev–Trinajstić information content (AvgIpc) is 2.91. The lowest BCUT2D eigenvalue weighted by atomic mass is 9.93. The monoisotopic (exact) mass is 286 g/mol. The molecule has 21 heavy (non-hydrogen) atoms. The van der Waals surface area contributed by atoms with E-state index in [2.05, 4.69) is 41.9 Å². The van der Waals surface area contributed by atoms with Crippen LogP contribution in [0.4, 0.5) is 5.82 Å². The third-order valence-corrected chi connectivity index (χ3v) is 4.37. The highest BCUT2D eigenvalue weighted by Crippen LogP contribution is 2.27. The number of fused-ring (bicyclic) bond motifs is 1. The smallest absolute Gasteiger partial charge is 0.154 e. The third kappa shape index (κ3) is 2.64. The van der Waals surface area contributed by atoms with E-state index in [0.717, 1.165) is 29.9 Å². The van der Waals surface area contributed by atoms with Crippen molar-refractivity contribution in [3.05, 3.63) is 24.2 Å². The SMILES string of the molecule is CC(C)c1cc2c(N(C)C3CCC(=O)CC3)nccn2n1. The second kappa shape index (κ2) is 5.47. The summed E-state index contributed by atoms with van der Waals surface area (Å²) in [5.74, 6) is 1.74. The number of nitrogens with zero attached hydrogens (tertiary/aromatic N) is 4. The van der Waals surface area contributed by atoms with Crippen molar-refractivity contribution in [1.29, 1.82) is 0 Å². The summed E-state index contributed by atoms with van der Waals surface area (Å²) in [7, 11) is 2.07. The van der Waals surface area contributed by atoms with Gasteiger partial charge in [0.15, 0.2) is 5.82 Å². The molecule has 0 saturated heterocycles. The molecule has 1 fully saturated rings. The van der Waals surface area contributed by atoms with Crippen LogP contribution in [-0.2, 0) is 4.79 Å². The molecule has 3 rings (SSSR count). The van der Waals surface area contributed by atoms with Crippen molar-refractivity contribution in [2.75, 3.05) is 11.9 Å². The Morgan fingerprint density at radius 1 is 1.33 bits per heavy atom. The predicted octanol–water partition coefficient (Wildman–Crippen LogP) is 2.80. The summed E-state index contributed by atoms with van der Waals surface area (Å²) in [5, 5.41) is 4.61. The fourth-order valence-electron chi connectivity index (χ4n) is 2.97. The van der Waals surface area contributed by atoms with E-state index in [1.807, 2.05) is 10.7 Å². The van der Waals surface area contributed by atoms with Crippen molar-refractivity contribution in [2.24, 2.45) is 0 Å². The first-order valence-corrected chi connectivity index (χ1v) is 7.65. The molecule has 2 aromatic rings. The van der Waals surface area contributed by atoms with Gasteiger partial charge in [0.05, 0.1) is 5.69 Å². The molecule has 1 saturated carbocycles. The zero-order chi connectivity index (χ0) is 15.0. The number of hydrogen-bond donors (Lipinski definition) is 0. The number of Topliss-reactive ketones (excluding diaryl/α,β-unsaturated/α-hetero) is 1. The van der Waals surface area contributed by atoms with Crippen LogP contribution in [0.1, 0.15) is 51.1 Å². The van der Waals surface area contributed by atoms with Crippen molar-refractivity contribution in [1.82, 2.24) is 14.6 Å². The van der Waals surface area contributed by atoms with Gasteiger partial charge in [0.1, 0.15) is 11.3 Å². The molecular formula is C16H22N4O. The second-order valence-corrected chi connectivity index (χ2v) is 6.19. The Balaban J connectivity index is 1.93. The first-order chi connectivity index (χ1) is 10.1. The quantitative estimate of drug-likeness (QED) is 0.870. The molecule has 0 radical (unpaired) electrons. The van der Waals surface area contributed by atoms with Crippen molar-refractivity contribution in [3.8, 4) is 0 Å². The summed E-state index contributed by atoms with van der Waals surface area (Å²) < 4.78 is 1.90. The molecule has 0 atom stereocenters. The first kappa shape index (κ1) is 14.0. The summed E-state index contributed by atoms with van der Waals surface area (Å²) >= 11 is 0. The Hall–Kier alpha value is -1.91. The van der Waals surface area contributed by atoms with E-state index >= 15 is 0 Å². The van der Waals surface area contributed by atoms with Gasteiger partial charge in [0, 0.05) is 38.3 Å². The van der Waals surface area contributed by atoms with E-state index in [-0.39, 0.29) is 0 Å². The van der Waals surface area contributed by atoms with E-state index in [0.29, 0.717) is 30.6 Å². The highest BCUT2D eigenvalue weighted by atomic mass is 16.1. The van der Waals surface area contributed by atoms with Gasteiger partial charge >= 0.3 is 0 Å². The number of ketones is 1. The minimum absolute atomic E-state index is 0.386. The van der Waals surface area contributed by atoms with Gasteiger partial charge in [-0.2, -0.15) is 5.10 Å². The molecule has 112 valence electrons. The normalized spacial score (nSPS) is 16.9. The first-order valence-electron chi connectivity index (χ1n) is 7.65. The largest absolute Gasteiger partial charge is 0.355 e. The van der Waals surface area contributed by atoms with Gasteiger partial charge in [-0.3, -0.25) is 4.79 Å². The summed E-state index contributed by atoms with van der Waals surface area (Å²) in [4.78, 5) is 18.2. The molecule has 1 aliphatic carbocycles. The topological polar surface area (TPSA) is 50.5 Å². The van der Waals surface area contributed by atoms with Gasteiger partial charge in [-0.15, -0.1) is 0 Å². The number of hydrogen-bond acceptors (Lipinski definition) is 4. The number of carbonyl (C=O) groups excluding carboxylic acids is 1. The molecule has 5 heteroatoms. The Morgan fingerprint density at radius 2 is 2.05 bits per heavy atom. The van der Waals surface area contributed by atoms with Gasteiger partial charge in [-0.05, 0) is 24.8 Å². The molecule has 0 spiro atoms. The zero-order valence-electron chi connectivity index (χ0n) is 12.9. The maximum absolute atomic E-state index is 11.4. The summed E-state index contributed by atoms with van der Waals surface area (Å²) in [6, 6.07) is 2.51. The van der Waals surface area contributed by atoms with Crippen LogP contribution in [0.5, 0.6) is 0 Å². The highest BCUT2D eigenvalue weighted by Gasteiger charge is 2.24. The maximum atomic E-state index is 11.4. The van der Waals surface area contributed by atoms with Gasteiger partial charge in [-0.1, -0.05) is 13.8 Å². The van der Waals surface area contributed by atoms with E-state index < -0.39 is 0 Å². The standard InChI is InChI=1S/C16H22N4O/c1-11(2)14-10-15-16(17-8-9-20(15)18-14)19(3)12-4-6-13(21)7-5-12/h8-12H,4-7H2,1-3H3. The van der Waals surface area contributed by atoms with E-state index in [9.17, 15) is 4.79 Å². The lowest BCUT2D eigenvalue weighted by molar-refractivity contribution is -0.120. The van der Waals surface area contributed by atoms with Crippen LogP contribution in [0.3, 0.4) is 0 Å². The zero-order valence-corrected chi connectivity index (χ0v) is 12.9. The van der Waals surface area contributed by atoms with Crippen LogP contribution < -0.4 is 4.90 Å². The lowest BCUT2D eigenvalue weighted by Gasteiger charge is -2.31. The third-order valence-electron chi connectivity index (χ3n) is 4.37. The minimum Gasteiger partial charge on any atom is -0.355 e. The van der Waals surface area contributed by atoms with Crippen LogP contribution in [0.2, 0.25) is 0 Å². The van der Waals surface area contributed by atoms with Crippen LogP contribution in [0.15, 0.2) is 18.5 Å².